The van der Waals surface area contributed by atoms with E-state index in [0.29, 0.717) is 13.0 Å². The molecule has 29 heavy (non-hydrogen) atoms. The number of nitrogens with zero attached hydrogens (tertiary/aromatic N) is 2. The average molecular weight is 456 g/mol. The zero-order valence-electron chi connectivity index (χ0n) is 16.4. The third kappa shape index (κ3) is 4.47. The molecule has 0 bridgehead atoms. The first kappa shape index (κ1) is 20.0. The topological polar surface area (TPSA) is 52.7 Å². The fourth-order valence-corrected chi connectivity index (χ4v) is 4.65. The Labute approximate surface area is 180 Å². The van der Waals surface area contributed by atoms with Crippen molar-refractivity contribution in [2.24, 2.45) is 5.92 Å². The highest BCUT2D eigenvalue weighted by Crippen LogP contribution is 2.32. The Hall–Kier alpha value is -2.34. The van der Waals surface area contributed by atoms with E-state index in [9.17, 15) is 9.59 Å². The van der Waals surface area contributed by atoms with Crippen LogP contribution >= 0.6 is 15.9 Å². The Morgan fingerprint density at radius 2 is 1.62 bits per heavy atom. The highest BCUT2D eigenvalue weighted by atomic mass is 79.9. The molecule has 0 aromatic heterocycles. The summed E-state index contributed by atoms with van der Waals surface area (Å²) in [4.78, 5) is 29.7. The van der Waals surface area contributed by atoms with Crippen LogP contribution in [0.4, 0.5) is 17.1 Å². The molecule has 0 aliphatic carbocycles. The Morgan fingerprint density at radius 1 is 0.931 bits per heavy atom. The molecule has 6 heteroatoms. The molecule has 2 aromatic carbocycles. The maximum absolute atomic E-state index is 12.8. The Kier molecular flexibility index (Phi) is 6.19. The lowest BCUT2D eigenvalue weighted by atomic mass is 10.1. The van der Waals surface area contributed by atoms with Crippen molar-refractivity contribution in [1.29, 1.82) is 0 Å². The molecule has 2 aliphatic rings. The molecular formula is C23H26BrN3O2. The highest BCUT2D eigenvalue weighted by Gasteiger charge is 2.38. The molecule has 2 heterocycles. The molecule has 1 N–H and O–H groups in total. The predicted octanol–water partition coefficient (Wildman–Crippen LogP) is 4.82. The lowest BCUT2D eigenvalue weighted by Gasteiger charge is -2.23. The maximum atomic E-state index is 12.8. The molecule has 2 saturated heterocycles. The minimum Gasteiger partial charge on any atom is -0.372 e. The van der Waals surface area contributed by atoms with Crippen molar-refractivity contribution >= 4 is 44.8 Å². The van der Waals surface area contributed by atoms with Gasteiger partial charge in [-0.2, -0.15) is 0 Å². The van der Waals surface area contributed by atoms with Crippen molar-refractivity contribution in [3.8, 4) is 0 Å². The fraction of sp³-hybridized carbons (Fsp3) is 0.391. The Bertz CT molecular complexity index is 876. The summed E-state index contributed by atoms with van der Waals surface area (Å²) >= 11 is 3.49. The summed E-state index contributed by atoms with van der Waals surface area (Å²) in [7, 11) is 0. The van der Waals surface area contributed by atoms with Gasteiger partial charge in [-0.1, -0.05) is 25.0 Å². The van der Waals surface area contributed by atoms with Crippen LogP contribution in [-0.2, 0) is 9.59 Å². The summed E-state index contributed by atoms with van der Waals surface area (Å²) < 4.78 is 0.860. The molecular weight excluding hydrogens is 430 g/mol. The van der Waals surface area contributed by atoms with Crippen molar-refractivity contribution in [3.63, 3.8) is 0 Å². The van der Waals surface area contributed by atoms with Gasteiger partial charge in [-0.25, -0.2) is 0 Å². The molecule has 2 amide bonds. The van der Waals surface area contributed by atoms with Crippen LogP contribution in [0.5, 0.6) is 0 Å². The van der Waals surface area contributed by atoms with Gasteiger partial charge in [0.1, 0.15) is 5.92 Å². The number of rotatable bonds is 4. The second kappa shape index (κ2) is 8.99. The second-order valence-corrected chi connectivity index (χ2v) is 8.57. The van der Waals surface area contributed by atoms with Gasteiger partial charge < -0.3 is 15.1 Å². The lowest BCUT2D eigenvalue weighted by molar-refractivity contribution is -0.129. The van der Waals surface area contributed by atoms with E-state index in [4.69, 9.17) is 0 Å². The minimum atomic E-state index is -0.646. The summed E-state index contributed by atoms with van der Waals surface area (Å²) in [6.07, 6.45) is 5.59. The van der Waals surface area contributed by atoms with E-state index < -0.39 is 5.92 Å². The number of para-hydroxylation sites is 1. The number of anilines is 3. The van der Waals surface area contributed by atoms with E-state index in [-0.39, 0.29) is 11.8 Å². The first-order chi connectivity index (χ1) is 14.1. The van der Waals surface area contributed by atoms with Crippen LogP contribution in [0, 0.1) is 5.92 Å². The molecule has 2 aromatic rings. The van der Waals surface area contributed by atoms with E-state index in [1.165, 1.54) is 31.4 Å². The normalized spacial score (nSPS) is 19.9. The van der Waals surface area contributed by atoms with Gasteiger partial charge in [-0.15, -0.1) is 0 Å². The van der Waals surface area contributed by atoms with Gasteiger partial charge >= 0.3 is 0 Å². The molecule has 2 aliphatic heterocycles. The number of hydrogen-bond acceptors (Lipinski definition) is 3. The number of hydrogen-bond donors (Lipinski definition) is 1. The SMILES string of the molecule is O=C(Nc1ccc(N2CCCCCC2)cc1)C1CCN(c2ccccc2Br)C1=O. The van der Waals surface area contributed by atoms with Crippen molar-refractivity contribution in [2.75, 3.05) is 34.8 Å². The van der Waals surface area contributed by atoms with Crippen LogP contribution in [0.25, 0.3) is 0 Å². The smallest absolute Gasteiger partial charge is 0.239 e. The third-order valence-corrected chi connectivity index (χ3v) is 6.44. The molecule has 0 saturated carbocycles. The second-order valence-electron chi connectivity index (χ2n) is 7.72. The minimum absolute atomic E-state index is 0.143. The van der Waals surface area contributed by atoms with Gasteiger partial charge in [-0.3, -0.25) is 9.59 Å². The van der Waals surface area contributed by atoms with Crippen LogP contribution < -0.4 is 15.1 Å². The molecule has 4 rings (SSSR count). The molecule has 0 radical (unpaired) electrons. The first-order valence-corrected chi connectivity index (χ1v) is 11.1. The van der Waals surface area contributed by atoms with Gasteiger partial charge in [-0.05, 0) is 71.6 Å². The van der Waals surface area contributed by atoms with Crippen LogP contribution in [0.1, 0.15) is 32.1 Å². The molecule has 5 nitrogen and oxygen atoms in total. The lowest BCUT2D eigenvalue weighted by Crippen LogP contribution is -2.33. The van der Waals surface area contributed by atoms with Crippen LogP contribution in [0.15, 0.2) is 53.0 Å². The van der Waals surface area contributed by atoms with E-state index in [1.54, 1.807) is 4.90 Å². The zero-order valence-corrected chi connectivity index (χ0v) is 18.0. The zero-order chi connectivity index (χ0) is 20.2. The van der Waals surface area contributed by atoms with E-state index >= 15 is 0 Å². The molecule has 1 unspecified atom stereocenters. The fourth-order valence-electron chi connectivity index (χ4n) is 4.15. The number of carbonyl (C=O) groups excluding carboxylic acids is 2. The maximum Gasteiger partial charge on any atom is 0.239 e. The van der Waals surface area contributed by atoms with Crippen molar-refractivity contribution in [3.05, 3.63) is 53.0 Å². The summed E-state index contributed by atoms with van der Waals surface area (Å²) in [5, 5.41) is 2.93. The molecule has 1 atom stereocenters. The molecule has 2 fully saturated rings. The summed E-state index contributed by atoms with van der Waals surface area (Å²) in [5.41, 5.74) is 2.75. The van der Waals surface area contributed by atoms with Crippen LogP contribution in [0.2, 0.25) is 0 Å². The number of benzene rings is 2. The van der Waals surface area contributed by atoms with Gasteiger partial charge in [0.15, 0.2) is 0 Å². The average Bonchev–Trinajstić information content (AvgIpc) is 2.92. The molecule has 0 spiro atoms. The van der Waals surface area contributed by atoms with Crippen LogP contribution in [0.3, 0.4) is 0 Å². The van der Waals surface area contributed by atoms with Crippen molar-refractivity contribution in [1.82, 2.24) is 0 Å². The van der Waals surface area contributed by atoms with Gasteiger partial charge in [0.05, 0.1) is 5.69 Å². The number of nitrogens with one attached hydrogen (secondary N) is 1. The Morgan fingerprint density at radius 3 is 2.31 bits per heavy atom. The first-order valence-electron chi connectivity index (χ1n) is 10.4. The number of halogens is 1. The largest absolute Gasteiger partial charge is 0.372 e. The quantitative estimate of drug-likeness (QED) is 0.672. The van der Waals surface area contributed by atoms with E-state index in [2.05, 4.69) is 38.3 Å². The van der Waals surface area contributed by atoms with E-state index in [0.717, 1.165) is 28.9 Å². The van der Waals surface area contributed by atoms with E-state index in [1.807, 2.05) is 36.4 Å². The summed E-state index contributed by atoms with van der Waals surface area (Å²) in [5.74, 6) is -1.02. The van der Waals surface area contributed by atoms with Gasteiger partial charge in [0, 0.05) is 35.5 Å². The Balaban J connectivity index is 1.39. The van der Waals surface area contributed by atoms with Crippen molar-refractivity contribution in [2.45, 2.75) is 32.1 Å². The highest BCUT2D eigenvalue weighted by molar-refractivity contribution is 9.10. The number of amides is 2. The third-order valence-electron chi connectivity index (χ3n) is 5.77. The predicted molar refractivity (Wildman–Crippen MR) is 120 cm³/mol. The van der Waals surface area contributed by atoms with Gasteiger partial charge in [0.25, 0.3) is 0 Å². The standard InChI is InChI=1S/C23H26BrN3O2/c24-20-7-3-4-8-21(20)27-16-13-19(23(27)29)22(28)25-17-9-11-18(12-10-17)26-14-5-1-2-6-15-26/h3-4,7-12,19H,1-2,5-6,13-16H2,(H,25,28). The summed E-state index contributed by atoms with van der Waals surface area (Å²) in [6, 6.07) is 15.6. The van der Waals surface area contributed by atoms with Gasteiger partial charge in [0.2, 0.25) is 11.8 Å². The molecule has 152 valence electrons. The van der Waals surface area contributed by atoms with Crippen LogP contribution in [-0.4, -0.2) is 31.4 Å². The summed E-state index contributed by atoms with van der Waals surface area (Å²) in [6.45, 7) is 2.73. The van der Waals surface area contributed by atoms with Crippen molar-refractivity contribution < 1.29 is 9.59 Å². The monoisotopic (exact) mass is 455 g/mol. The number of carbonyl (C=O) groups is 2.